The van der Waals surface area contributed by atoms with Crippen molar-refractivity contribution in [1.82, 2.24) is 9.97 Å². The molecule has 1 atom stereocenters. The first-order chi connectivity index (χ1) is 12.5. The van der Waals surface area contributed by atoms with E-state index >= 15 is 0 Å². The number of pyridine rings is 1. The molecule has 0 aliphatic carbocycles. The summed E-state index contributed by atoms with van der Waals surface area (Å²) in [5.74, 6) is -0.964. The Morgan fingerprint density at radius 1 is 1.27 bits per heavy atom. The zero-order valence-corrected chi connectivity index (χ0v) is 14.5. The number of anilines is 1. The van der Waals surface area contributed by atoms with E-state index in [-0.39, 0.29) is 5.75 Å². The Balaban J connectivity index is 1.67. The van der Waals surface area contributed by atoms with Gasteiger partial charge in [0.2, 0.25) is 5.75 Å². The van der Waals surface area contributed by atoms with Crippen molar-refractivity contribution in [3.05, 3.63) is 64.2 Å². The van der Waals surface area contributed by atoms with Gasteiger partial charge in [-0.05, 0) is 29.0 Å². The normalized spacial score (nSPS) is 11.6. The molecular formula is C17H14N4O4S. The van der Waals surface area contributed by atoms with Crippen molar-refractivity contribution < 1.29 is 14.5 Å². The fraction of sp³-hybridized carbons (Fsp3) is 0.118. The average Bonchev–Trinajstić information content (AvgIpc) is 3.11. The van der Waals surface area contributed by atoms with Crippen LogP contribution in [0.3, 0.4) is 0 Å². The zero-order valence-electron chi connectivity index (χ0n) is 13.7. The van der Waals surface area contributed by atoms with Gasteiger partial charge in [-0.2, -0.15) is 0 Å². The van der Waals surface area contributed by atoms with E-state index in [1.807, 2.05) is 35.7 Å². The molecule has 1 aromatic carbocycles. The van der Waals surface area contributed by atoms with E-state index in [0.717, 1.165) is 11.3 Å². The van der Waals surface area contributed by atoms with E-state index < -0.39 is 22.8 Å². The Morgan fingerprint density at radius 2 is 2.04 bits per heavy atom. The SMILES string of the molecule is C[C@H](Oc1cccnc1[N+](=O)[O-])C(=O)Nc1nc(-c2ccccc2)cs1. The lowest BCUT2D eigenvalue weighted by Gasteiger charge is -2.13. The first kappa shape index (κ1) is 17.5. The Hall–Kier alpha value is -3.33. The molecule has 3 rings (SSSR count). The van der Waals surface area contributed by atoms with Gasteiger partial charge in [0, 0.05) is 10.9 Å². The van der Waals surface area contributed by atoms with Crippen LogP contribution in [0, 0.1) is 10.1 Å². The van der Waals surface area contributed by atoms with Gasteiger partial charge in [-0.15, -0.1) is 11.3 Å². The van der Waals surface area contributed by atoms with Gasteiger partial charge in [0.05, 0.1) is 5.69 Å². The maximum atomic E-state index is 12.3. The van der Waals surface area contributed by atoms with Crippen LogP contribution < -0.4 is 10.1 Å². The first-order valence-corrected chi connectivity index (χ1v) is 8.50. The van der Waals surface area contributed by atoms with Crippen LogP contribution in [-0.4, -0.2) is 26.9 Å². The van der Waals surface area contributed by atoms with Gasteiger partial charge in [-0.3, -0.25) is 10.1 Å². The zero-order chi connectivity index (χ0) is 18.5. The summed E-state index contributed by atoms with van der Waals surface area (Å²) in [6, 6.07) is 12.5. The quantitative estimate of drug-likeness (QED) is 0.525. The Kier molecular flexibility index (Phi) is 5.18. The number of carbonyl (C=O) groups is 1. The molecule has 0 fully saturated rings. The molecule has 0 aliphatic heterocycles. The Labute approximate surface area is 152 Å². The van der Waals surface area contributed by atoms with Crippen molar-refractivity contribution in [3.8, 4) is 17.0 Å². The number of nitrogens with zero attached hydrogens (tertiary/aromatic N) is 3. The number of thiazole rings is 1. The van der Waals surface area contributed by atoms with Gasteiger partial charge >= 0.3 is 5.82 Å². The highest BCUT2D eigenvalue weighted by atomic mass is 32.1. The molecule has 0 spiro atoms. The number of carbonyl (C=O) groups excluding carboxylic acids is 1. The molecule has 9 heteroatoms. The van der Waals surface area contributed by atoms with Crippen molar-refractivity contribution in [2.75, 3.05) is 5.32 Å². The number of nitro groups is 1. The number of hydrogen-bond acceptors (Lipinski definition) is 7. The number of nitrogens with one attached hydrogen (secondary N) is 1. The maximum Gasteiger partial charge on any atom is 0.406 e. The minimum atomic E-state index is -0.957. The minimum Gasteiger partial charge on any atom is -0.473 e. The maximum absolute atomic E-state index is 12.3. The molecule has 1 N–H and O–H groups in total. The minimum absolute atomic E-state index is 0.0655. The molecule has 0 saturated heterocycles. The summed E-state index contributed by atoms with van der Waals surface area (Å²) in [5, 5.41) is 15.9. The largest absolute Gasteiger partial charge is 0.473 e. The number of aromatic nitrogens is 2. The first-order valence-electron chi connectivity index (χ1n) is 7.62. The summed E-state index contributed by atoms with van der Waals surface area (Å²) < 4.78 is 5.39. The predicted octanol–water partition coefficient (Wildman–Crippen LogP) is 3.52. The van der Waals surface area contributed by atoms with Crippen molar-refractivity contribution in [1.29, 1.82) is 0 Å². The van der Waals surface area contributed by atoms with Gasteiger partial charge < -0.3 is 14.9 Å². The van der Waals surface area contributed by atoms with Gasteiger partial charge in [0.25, 0.3) is 5.91 Å². The van der Waals surface area contributed by atoms with E-state index in [1.54, 1.807) is 0 Å². The third-order valence-electron chi connectivity index (χ3n) is 3.40. The number of hydrogen-bond donors (Lipinski definition) is 1. The highest BCUT2D eigenvalue weighted by Crippen LogP contribution is 2.26. The second kappa shape index (κ2) is 7.70. The topological polar surface area (TPSA) is 107 Å². The fourth-order valence-electron chi connectivity index (χ4n) is 2.13. The summed E-state index contributed by atoms with van der Waals surface area (Å²) in [4.78, 5) is 30.6. The smallest absolute Gasteiger partial charge is 0.406 e. The molecular weight excluding hydrogens is 356 g/mol. The van der Waals surface area contributed by atoms with Crippen molar-refractivity contribution in [3.63, 3.8) is 0 Å². The molecule has 0 radical (unpaired) electrons. The lowest BCUT2D eigenvalue weighted by molar-refractivity contribution is -0.390. The molecule has 132 valence electrons. The van der Waals surface area contributed by atoms with E-state index in [1.165, 1.54) is 36.6 Å². The Morgan fingerprint density at radius 3 is 2.77 bits per heavy atom. The number of benzene rings is 1. The highest BCUT2D eigenvalue weighted by Gasteiger charge is 2.22. The molecule has 8 nitrogen and oxygen atoms in total. The third kappa shape index (κ3) is 4.01. The van der Waals surface area contributed by atoms with Crippen LogP contribution in [0.2, 0.25) is 0 Å². The number of ether oxygens (including phenoxy) is 1. The molecule has 2 aromatic heterocycles. The molecule has 3 aromatic rings. The summed E-state index contributed by atoms with van der Waals surface area (Å²) in [5.41, 5.74) is 1.70. The summed E-state index contributed by atoms with van der Waals surface area (Å²) in [7, 11) is 0. The number of rotatable bonds is 6. The van der Waals surface area contributed by atoms with Crippen LogP contribution in [0.4, 0.5) is 10.9 Å². The average molecular weight is 370 g/mol. The van der Waals surface area contributed by atoms with Crippen LogP contribution >= 0.6 is 11.3 Å². The van der Waals surface area contributed by atoms with E-state index in [2.05, 4.69) is 15.3 Å². The molecule has 0 saturated carbocycles. The van der Waals surface area contributed by atoms with E-state index in [0.29, 0.717) is 5.13 Å². The van der Waals surface area contributed by atoms with Crippen molar-refractivity contribution in [2.24, 2.45) is 0 Å². The monoisotopic (exact) mass is 370 g/mol. The van der Waals surface area contributed by atoms with E-state index in [9.17, 15) is 14.9 Å². The third-order valence-corrected chi connectivity index (χ3v) is 4.16. The second-order valence-corrected chi connectivity index (χ2v) is 6.09. The number of amides is 1. The van der Waals surface area contributed by atoms with Gasteiger partial charge in [-0.1, -0.05) is 30.3 Å². The molecule has 0 aliphatic rings. The summed E-state index contributed by atoms with van der Waals surface area (Å²) in [6.45, 7) is 1.50. The van der Waals surface area contributed by atoms with Gasteiger partial charge in [0.1, 0.15) is 6.20 Å². The standard InChI is InChI=1S/C17H14N4O4S/c1-11(25-14-8-5-9-18-15(14)21(23)24)16(22)20-17-19-13(10-26-17)12-6-3-2-4-7-12/h2-11H,1H3,(H,19,20,22)/t11-/m0/s1. The molecule has 1 amide bonds. The van der Waals surface area contributed by atoms with Crippen molar-refractivity contribution in [2.45, 2.75) is 13.0 Å². The Bertz CT molecular complexity index is 929. The van der Waals surface area contributed by atoms with Crippen LogP contribution in [0.15, 0.2) is 54.0 Å². The lowest BCUT2D eigenvalue weighted by atomic mass is 10.2. The highest BCUT2D eigenvalue weighted by molar-refractivity contribution is 7.14. The lowest BCUT2D eigenvalue weighted by Crippen LogP contribution is -2.30. The second-order valence-electron chi connectivity index (χ2n) is 5.24. The molecule has 26 heavy (non-hydrogen) atoms. The summed E-state index contributed by atoms with van der Waals surface area (Å²) >= 11 is 1.29. The van der Waals surface area contributed by atoms with Gasteiger partial charge in [-0.25, -0.2) is 4.98 Å². The van der Waals surface area contributed by atoms with Crippen LogP contribution in [0.1, 0.15) is 6.92 Å². The fourth-order valence-corrected chi connectivity index (χ4v) is 2.86. The molecule has 2 heterocycles. The molecule has 0 bridgehead atoms. The predicted molar refractivity (Wildman–Crippen MR) is 97.2 cm³/mol. The molecule has 0 unspecified atom stereocenters. The van der Waals surface area contributed by atoms with E-state index in [4.69, 9.17) is 4.74 Å². The van der Waals surface area contributed by atoms with Crippen LogP contribution in [0.25, 0.3) is 11.3 Å². The van der Waals surface area contributed by atoms with Crippen molar-refractivity contribution >= 4 is 28.2 Å². The van der Waals surface area contributed by atoms with Crippen LogP contribution in [-0.2, 0) is 4.79 Å². The van der Waals surface area contributed by atoms with Crippen LogP contribution in [0.5, 0.6) is 5.75 Å². The summed E-state index contributed by atoms with van der Waals surface area (Å²) in [6.07, 6.45) is 0.332. The van der Waals surface area contributed by atoms with Gasteiger partial charge in [0.15, 0.2) is 11.2 Å².